The molecule has 2 aliphatic rings. The first-order chi connectivity index (χ1) is 15.3. The minimum atomic E-state index is -0.490. The van der Waals surface area contributed by atoms with E-state index >= 15 is 0 Å². The number of hydrogen-bond acceptors (Lipinski definition) is 7. The molecule has 32 heavy (non-hydrogen) atoms. The number of non-ortho nitro benzene ring substituents is 1. The number of carbonyl (C=O) groups excluding carboxylic acids is 2. The number of rotatable bonds is 5. The molecule has 2 heterocycles. The summed E-state index contributed by atoms with van der Waals surface area (Å²) >= 11 is 12.8. The van der Waals surface area contributed by atoms with E-state index in [4.69, 9.17) is 27.9 Å². The Kier molecular flexibility index (Phi) is 6.71. The van der Waals surface area contributed by atoms with Gasteiger partial charge in [-0.1, -0.05) is 29.3 Å². The molecule has 2 aliphatic heterocycles. The highest BCUT2D eigenvalue weighted by molar-refractivity contribution is 8.18. The van der Waals surface area contributed by atoms with Gasteiger partial charge in [0.2, 0.25) is 0 Å². The summed E-state index contributed by atoms with van der Waals surface area (Å²) in [6, 6.07) is 9.41. The number of anilines is 1. The van der Waals surface area contributed by atoms with E-state index in [-0.39, 0.29) is 17.1 Å². The highest BCUT2D eigenvalue weighted by Gasteiger charge is 2.35. The number of amides is 2. The summed E-state index contributed by atoms with van der Waals surface area (Å²) in [5.74, 6) is -0.467. The summed E-state index contributed by atoms with van der Waals surface area (Å²) in [5.41, 5.74) is 1.81. The predicted molar refractivity (Wildman–Crippen MR) is 124 cm³/mol. The van der Waals surface area contributed by atoms with Gasteiger partial charge in [-0.05, 0) is 41.6 Å². The lowest BCUT2D eigenvalue weighted by molar-refractivity contribution is -0.384. The molecule has 0 aliphatic carbocycles. The van der Waals surface area contributed by atoms with E-state index in [1.165, 1.54) is 18.2 Å². The van der Waals surface area contributed by atoms with Crippen LogP contribution in [0.1, 0.15) is 11.1 Å². The zero-order valence-electron chi connectivity index (χ0n) is 16.6. The molecule has 0 radical (unpaired) electrons. The van der Waals surface area contributed by atoms with Crippen molar-refractivity contribution >= 4 is 63.6 Å². The van der Waals surface area contributed by atoms with Gasteiger partial charge in [0.05, 0.1) is 39.6 Å². The van der Waals surface area contributed by atoms with Crippen molar-refractivity contribution in [2.75, 3.05) is 31.2 Å². The average Bonchev–Trinajstić information content (AvgIpc) is 3.04. The number of imide groups is 1. The van der Waals surface area contributed by atoms with E-state index in [1.807, 2.05) is 4.90 Å². The van der Waals surface area contributed by atoms with Crippen molar-refractivity contribution in [3.63, 3.8) is 0 Å². The maximum atomic E-state index is 13.0. The van der Waals surface area contributed by atoms with Gasteiger partial charge in [-0.2, -0.15) is 0 Å². The molecule has 2 amide bonds. The van der Waals surface area contributed by atoms with E-state index < -0.39 is 16.1 Å². The SMILES string of the molecule is O=C1S/C(=C\c2cc([N+](=O)[O-])ccc2N2CCOCC2)C(=O)N1Cc1ccc(Cl)c(Cl)c1. The summed E-state index contributed by atoms with van der Waals surface area (Å²) in [5, 5.41) is 11.6. The van der Waals surface area contributed by atoms with Crippen LogP contribution in [-0.2, 0) is 16.1 Å². The second-order valence-electron chi connectivity index (χ2n) is 7.12. The number of halogens is 2. The fourth-order valence-electron chi connectivity index (χ4n) is 3.46. The third-order valence-electron chi connectivity index (χ3n) is 5.06. The molecule has 11 heteroatoms. The van der Waals surface area contributed by atoms with E-state index in [9.17, 15) is 19.7 Å². The summed E-state index contributed by atoms with van der Waals surface area (Å²) in [6.07, 6.45) is 1.54. The van der Waals surface area contributed by atoms with Crippen LogP contribution in [-0.4, -0.2) is 47.3 Å². The van der Waals surface area contributed by atoms with Crippen LogP contribution < -0.4 is 4.90 Å². The van der Waals surface area contributed by atoms with Crippen LogP contribution in [0, 0.1) is 10.1 Å². The summed E-state index contributed by atoms with van der Waals surface area (Å²) in [6.45, 7) is 2.37. The molecule has 0 aromatic heterocycles. The average molecular weight is 494 g/mol. The maximum Gasteiger partial charge on any atom is 0.293 e. The maximum absolute atomic E-state index is 13.0. The summed E-state index contributed by atoms with van der Waals surface area (Å²) in [7, 11) is 0. The van der Waals surface area contributed by atoms with Gasteiger partial charge < -0.3 is 9.64 Å². The molecule has 0 saturated carbocycles. The molecule has 2 saturated heterocycles. The number of nitro groups is 1. The lowest BCUT2D eigenvalue weighted by atomic mass is 10.1. The summed E-state index contributed by atoms with van der Waals surface area (Å²) < 4.78 is 5.38. The quantitative estimate of drug-likeness (QED) is 0.329. The van der Waals surface area contributed by atoms with Crippen molar-refractivity contribution in [1.29, 1.82) is 0 Å². The molecular formula is C21H17Cl2N3O5S. The molecule has 2 aromatic carbocycles. The van der Waals surface area contributed by atoms with Crippen molar-refractivity contribution < 1.29 is 19.2 Å². The minimum Gasteiger partial charge on any atom is -0.378 e. The lowest BCUT2D eigenvalue weighted by Crippen LogP contribution is -2.36. The Morgan fingerprint density at radius 2 is 1.84 bits per heavy atom. The molecule has 8 nitrogen and oxygen atoms in total. The molecule has 166 valence electrons. The van der Waals surface area contributed by atoms with Crippen LogP contribution in [0.25, 0.3) is 6.08 Å². The minimum absolute atomic E-state index is 0.0458. The van der Waals surface area contributed by atoms with E-state index in [1.54, 1.807) is 24.3 Å². The molecule has 0 bridgehead atoms. The Balaban J connectivity index is 1.64. The molecule has 2 aromatic rings. The number of hydrogen-bond donors (Lipinski definition) is 0. The fraction of sp³-hybridized carbons (Fsp3) is 0.238. The Hall–Kier alpha value is -2.59. The van der Waals surface area contributed by atoms with Gasteiger partial charge in [-0.3, -0.25) is 24.6 Å². The van der Waals surface area contributed by atoms with Gasteiger partial charge in [0.25, 0.3) is 16.8 Å². The van der Waals surface area contributed by atoms with Crippen LogP contribution >= 0.6 is 35.0 Å². The van der Waals surface area contributed by atoms with Gasteiger partial charge >= 0.3 is 0 Å². The van der Waals surface area contributed by atoms with E-state index in [0.29, 0.717) is 47.5 Å². The van der Waals surface area contributed by atoms with Gasteiger partial charge in [-0.15, -0.1) is 0 Å². The first-order valence-electron chi connectivity index (χ1n) is 9.64. The predicted octanol–water partition coefficient (Wildman–Crippen LogP) is 4.97. The van der Waals surface area contributed by atoms with Crippen LogP contribution in [0.4, 0.5) is 16.2 Å². The van der Waals surface area contributed by atoms with Crippen molar-refractivity contribution in [2.45, 2.75) is 6.54 Å². The highest BCUT2D eigenvalue weighted by atomic mass is 35.5. The molecular weight excluding hydrogens is 477 g/mol. The third kappa shape index (κ3) is 4.75. The number of nitro benzene ring substituents is 1. The van der Waals surface area contributed by atoms with E-state index in [2.05, 4.69) is 0 Å². The van der Waals surface area contributed by atoms with Crippen molar-refractivity contribution in [3.05, 3.63) is 72.6 Å². The van der Waals surface area contributed by atoms with E-state index in [0.717, 1.165) is 22.3 Å². The molecule has 0 unspecified atom stereocenters. The number of benzene rings is 2. The van der Waals surface area contributed by atoms with Crippen molar-refractivity contribution in [2.24, 2.45) is 0 Å². The number of carbonyl (C=O) groups is 2. The number of thioether (sulfide) groups is 1. The topological polar surface area (TPSA) is 93.0 Å². The van der Waals surface area contributed by atoms with Crippen molar-refractivity contribution in [3.8, 4) is 0 Å². The number of nitrogens with zero attached hydrogens (tertiary/aromatic N) is 3. The van der Waals surface area contributed by atoms with Gasteiger partial charge in [0, 0.05) is 36.5 Å². The van der Waals surface area contributed by atoms with Crippen LogP contribution in [0.3, 0.4) is 0 Å². The zero-order chi connectivity index (χ0) is 22.8. The third-order valence-corrected chi connectivity index (χ3v) is 6.71. The standard InChI is InChI=1S/C21H17Cl2N3O5S/c22-16-3-1-13(9-17(16)23)12-25-20(27)19(32-21(25)28)11-14-10-15(26(29)30)2-4-18(14)24-5-7-31-8-6-24/h1-4,9-11H,5-8,12H2/b19-11-. The normalized spacial score (nSPS) is 18.0. The highest BCUT2D eigenvalue weighted by Crippen LogP contribution is 2.36. The fourth-order valence-corrected chi connectivity index (χ4v) is 4.61. The molecule has 0 spiro atoms. The zero-order valence-corrected chi connectivity index (χ0v) is 19.0. The number of ether oxygens (including phenoxy) is 1. The second kappa shape index (κ2) is 9.50. The Labute approximate surface area is 197 Å². The first-order valence-corrected chi connectivity index (χ1v) is 11.2. The first kappa shape index (κ1) is 22.6. The van der Waals surface area contributed by atoms with Crippen molar-refractivity contribution in [1.82, 2.24) is 4.90 Å². The number of morpholine rings is 1. The smallest absolute Gasteiger partial charge is 0.293 e. The molecule has 2 fully saturated rings. The second-order valence-corrected chi connectivity index (χ2v) is 8.92. The molecule has 0 atom stereocenters. The van der Waals surface area contributed by atoms with Gasteiger partial charge in [0.1, 0.15) is 0 Å². The summed E-state index contributed by atoms with van der Waals surface area (Å²) in [4.78, 5) is 39.7. The molecule has 4 rings (SSSR count). The Morgan fingerprint density at radius 1 is 1.09 bits per heavy atom. The van der Waals surface area contributed by atoms with Gasteiger partial charge in [-0.25, -0.2) is 0 Å². The van der Waals surface area contributed by atoms with Gasteiger partial charge in [0.15, 0.2) is 0 Å². The van der Waals surface area contributed by atoms with Crippen LogP contribution in [0.5, 0.6) is 0 Å². The lowest BCUT2D eigenvalue weighted by Gasteiger charge is -2.30. The molecule has 0 N–H and O–H groups in total. The largest absolute Gasteiger partial charge is 0.378 e. The Bertz CT molecular complexity index is 1130. The monoisotopic (exact) mass is 493 g/mol. The van der Waals surface area contributed by atoms with Crippen LogP contribution in [0.2, 0.25) is 10.0 Å². The van der Waals surface area contributed by atoms with Crippen LogP contribution in [0.15, 0.2) is 41.3 Å². The Morgan fingerprint density at radius 3 is 2.53 bits per heavy atom.